The van der Waals surface area contributed by atoms with E-state index >= 15 is 0 Å². The summed E-state index contributed by atoms with van der Waals surface area (Å²) in [5.74, 6) is 5.41. The Balaban J connectivity index is 2.37. The summed E-state index contributed by atoms with van der Waals surface area (Å²) in [6, 6.07) is 3.54. The van der Waals surface area contributed by atoms with E-state index in [0.717, 1.165) is 29.7 Å². The van der Waals surface area contributed by atoms with Gasteiger partial charge in [-0.1, -0.05) is 13.8 Å². The summed E-state index contributed by atoms with van der Waals surface area (Å²) in [5, 5.41) is 0. The van der Waals surface area contributed by atoms with Gasteiger partial charge in [0.05, 0.1) is 4.90 Å². The second-order valence-electron chi connectivity index (χ2n) is 6.65. The third-order valence-electron chi connectivity index (χ3n) is 4.30. The summed E-state index contributed by atoms with van der Waals surface area (Å²) < 4.78 is 27.4. The van der Waals surface area contributed by atoms with Gasteiger partial charge in [0.25, 0.3) is 0 Å². The number of benzene rings is 1. The van der Waals surface area contributed by atoms with Gasteiger partial charge in [0.1, 0.15) is 0 Å². The first kappa shape index (κ1) is 16.3. The zero-order chi connectivity index (χ0) is 15.8. The zero-order valence-corrected chi connectivity index (χ0v) is 14.0. The van der Waals surface area contributed by atoms with Gasteiger partial charge in [-0.05, 0) is 55.4 Å². The first-order valence-electron chi connectivity index (χ1n) is 7.25. The molecule has 1 aliphatic heterocycles. The van der Waals surface area contributed by atoms with Crippen LogP contribution in [0.3, 0.4) is 0 Å². The van der Waals surface area contributed by atoms with E-state index < -0.39 is 10.0 Å². The molecule has 21 heavy (non-hydrogen) atoms. The average molecular weight is 311 g/mol. The van der Waals surface area contributed by atoms with Crippen LogP contribution in [0.15, 0.2) is 17.0 Å². The van der Waals surface area contributed by atoms with Crippen molar-refractivity contribution in [2.45, 2.75) is 45.4 Å². The molecule has 0 radical (unpaired) electrons. The summed E-state index contributed by atoms with van der Waals surface area (Å²) in [5.41, 5.74) is 4.98. The number of nitrogen functional groups attached to an aromatic ring is 1. The number of piperidine rings is 1. The van der Waals surface area contributed by atoms with E-state index in [1.54, 1.807) is 16.4 Å². The Morgan fingerprint density at radius 3 is 2.05 bits per heavy atom. The number of nitrogens with one attached hydrogen (secondary N) is 1. The molecule has 6 heteroatoms. The van der Waals surface area contributed by atoms with Crippen LogP contribution in [-0.2, 0) is 10.0 Å². The van der Waals surface area contributed by atoms with Crippen LogP contribution >= 0.6 is 0 Å². The normalized spacial score (nSPS) is 19.5. The van der Waals surface area contributed by atoms with E-state index in [-0.39, 0.29) is 5.41 Å². The van der Waals surface area contributed by atoms with Gasteiger partial charge in [0.15, 0.2) is 0 Å². The summed E-state index contributed by atoms with van der Waals surface area (Å²) in [4.78, 5) is 0.418. The van der Waals surface area contributed by atoms with Crippen molar-refractivity contribution >= 4 is 15.7 Å². The van der Waals surface area contributed by atoms with Gasteiger partial charge in [0, 0.05) is 18.8 Å². The number of rotatable bonds is 3. The Bertz CT molecular complexity index is 605. The first-order chi connectivity index (χ1) is 9.67. The van der Waals surface area contributed by atoms with Crippen molar-refractivity contribution < 1.29 is 8.42 Å². The van der Waals surface area contributed by atoms with Gasteiger partial charge < -0.3 is 5.43 Å². The molecule has 1 aromatic carbocycles. The third-order valence-corrected chi connectivity index (χ3v) is 6.51. The molecule has 0 aliphatic carbocycles. The molecule has 0 unspecified atom stereocenters. The van der Waals surface area contributed by atoms with Crippen molar-refractivity contribution in [2.75, 3.05) is 18.5 Å². The maximum Gasteiger partial charge on any atom is 0.243 e. The van der Waals surface area contributed by atoms with E-state index in [9.17, 15) is 8.42 Å². The number of hydrogen-bond donors (Lipinski definition) is 2. The Kier molecular flexibility index (Phi) is 4.33. The second kappa shape index (κ2) is 5.59. The molecule has 1 aromatic rings. The van der Waals surface area contributed by atoms with E-state index in [1.807, 2.05) is 13.8 Å². The quantitative estimate of drug-likeness (QED) is 0.664. The Morgan fingerprint density at radius 2 is 1.62 bits per heavy atom. The van der Waals surface area contributed by atoms with Gasteiger partial charge in [-0.2, -0.15) is 4.31 Å². The smallest absolute Gasteiger partial charge is 0.243 e. The van der Waals surface area contributed by atoms with Crippen molar-refractivity contribution in [3.05, 3.63) is 23.3 Å². The molecule has 1 fully saturated rings. The van der Waals surface area contributed by atoms with Crippen molar-refractivity contribution in [3.8, 4) is 0 Å². The molecule has 5 nitrogen and oxygen atoms in total. The van der Waals surface area contributed by atoms with Crippen LogP contribution in [0, 0.1) is 19.3 Å². The highest BCUT2D eigenvalue weighted by Crippen LogP contribution is 2.34. The summed E-state index contributed by atoms with van der Waals surface area (Å²) in [7, 11) is -3.43. The lowest BCUT2D eigenvalue weighted by atomic mass is 9.83. The number of nitrogens with two attached hydrogens (primary N) is 1. The molecule has 1 heterocycles. The third kappa shape index (κ3) is 3.22. The molecule has 118 valence electrons. The summed E-state index contributed by atoms with van der Waals surface area (Å²) >= 11 is 0. The minimum Gasteiger partial charge on any atom is -0.324 e. The minimum atomic E-state index is -3.43. The number of sulfonamides is 1. The highest BCUT2D eigenvalue weighted by molar-refractivity contribution is 7.89. The van der Waals surface area contributed by atoms with Gasteiger partial charge in [-0.15, -0.1) is 0 Å². The first-order valence-corrected chi connectivity index (χ1v) is 8.69. The number of hydrogen-bond acceptors (Lipinski definition) is 4. The van der Waals surface area contributed by atoms with E-state index in [2.05, 4.69) is 19.3 Å². The average Bonchev–Trinajstić information content (AvgIpc) is 2.36. The fourth-order valence-electron chi connectivity index (χ4n) is 2.90. The predicted molar refractivity (Wildman–Crippen MR) is 85.5 cm³/mol. The maximum atomic E-state index is 12.9. The maximum absolute atomic E-state index is 12.9. The van der Waals surface area contributed by atoms with Gasteiger partial charge >= 0.3 is 0 Å². The lowest BCUT2D eigenvalue weighted by Crippen LogP contribution is -2.41. The number of aryl methyl sites for hydroxylation is 2. The molecular formula is C15H25N3O2S. The van der Waals surface area contributed by atoms with E-state index in [0.29, 0.717) is 18.0 Å². The Hall–Kier alpha value is -1.11. The van der Waals surface area contributed by atoms with Gasteiger partial charge in [0.2, 0.25) is 10.0 Å². The molecule has 2 rings (SSSR count). The van der Waals surface area contributed by atoms with Crippen molar-refractivity contribution in [3.63, 3.8) is 0 Å². The Morgan fingerprint density at radius 1 is 1.14 bits per heavy atom. The lowest BCUT2D eigenvalue weighted by Gasteiger charge is -2.36. The fraction of sp³-hybridized carbons (Fsp3) is 0.600. The molecule has 3 N–H and O–H groups in total. The van der Waals surface area contributed by atoms with Gasteiger partial charge in [-0.3, -0.25) is 5.84 Å². The molecule has 1 aliphatic rings. The van der Waals surface area contributed by atoms with Crippen LogP contribution in [0.4, 0.5) is 5.69 Å². The van der Waals surface area contributed by atoms with Crippen molar-refractivity contribution in [1.29, 1.82) is 0 Å². The monoisotopic (exact) mass is 311 g/mol. The molecule has 0 amide bonds. The SMILES string of the molecule is Cc1cc(NN)cc(C)c1S(=O)(=O)N1CCC(C)(C)CC1. The van der Waals surface area contributed by atoms with Crippen LogP contribution < -0.4 is 11.3 Å². The number of anilines is 1. The minimum absolute atomic E-state index is 0.226. The van der Waals surface area contributed by atoms with Crippen LogP contribution in [0.2, 0.25) is 0 Å². The van der Waals surface area contributed by atoms with Crippen LogP contribution in [0.5, 0.6) is 0 Å². The summed E-state index contributed by atoms with van der Waals surface area (Å²) in [6.07, 6.45) is 1.79. The molecule has 0 atom stereocenters. The van der Waals surface area contributed by atoms with Crippen LogP contribution in [0.1, 0.15) is 37.8 Å². The molecule has 1 saturated heterocycles. The predicted octanol–water partition coefficient (Wildman–Crippen LogP) is 2.40. The van der Waals surface area contributed by atoms with Crippen LogP contribution in [0.25, 0.3) is 0 Å². The zero-order valence-electron chi connectivity index (χ0n) is 13.2. The molecule has 0 bridgehead atoms. The highest BCUT2D eigenvalue weighted by Gasteiger charge is 2.34. The van der Waals surface area contributed by atoms with Crippen molar-refractivity contribution in [1.82, 2.24) is 4.31 Å². The number of nitrogens with zero attached hydrogens (tertiary/aromatic N) is 1. The molecule has 0 aromatic heterocycles. The van der Waals surface area contributed by atoms with E-state index in [4.69, 9.17) is 5.84 Å². The molecular weight excluding hydrogens is 286 g/mol. The lowest BCUT2D eigenvalue weighted by molar-refractivity contribution is 0.196. The standard InChI is InChI=1S/C15H25N3O2S/c1-11-9-13(17-16)10-12(2)14(11)21(19,20)18-7-5-15(3,4)6-8-18/h9-10,17H,5-8,16H2,1-4H3. The van der Waals surface area contributed by atoms with Crippen molar-refractivity contribution in [2.24, 2.45) is 11.3 Å². The van der Waals surface area contributed by atoms with E-state index in [1.165, 1.54) is 0 Å². The fourth-order valence-corrected chi connectivity index (χ4v) is 4.75. The molecule has 0 saturated carbocycles. The number of hydrazine groups is 1. The highest BCUT2D eigenvalue weighted by atomic mass is 32.2. The topological polar surface area (TPSA) is 75.4 Å². The van der Waals surface area contributed by atoms with Crippen LogP contribution in [-0.4, -0.2) is 25.8 Å². The Labute approximate surface area is 127 Å². The van der Waals surface area contributed by atoms with Gasteiger partial charge in [-0.25, -0.2) is 8.42 Å². The largest absolute Gasteiger partial charge is 0.324 e. The molecule has 0 spiro atoms. The summed E-state index contributed by atoms with van der Waals surface area (Å²) in [6.45, 7) is 9.18. The second-order valence-corrected chi connectivity index (χ2v) is 8.53.